The normalized spacial score (nSPS) is 20.2. The number of hydrogen-bond donors (Lipinski definition) is 0. The van der Waals surface area contributed by atoms with Gasteiger partial charge in [0.15, 0.2) is 0 Å². The molecule has 1 aromatic heterocycles. The van der Waals surface area contributed by atoms with Gasteiger partial charge in [0.1, 0.15) is 5.82 Å². The van der Waals surface area contributed by atoms with Gasteiger partial charge >= 0.3 is 0 Å². The lowest BCUT2D eigenvalue weighted by molar-refractivity contribution is 0.0158. The van der Waals surface area contributed by atoms with Crippen molar-refractivity contribution in [1.82, 2.24) is 4.98 Å². The molecule has 0 saturated carbocycles. The summed E-state index contributed by atoms with van der Waals surface area (Å²) >= 11 is 0. The average Bonchev–Trinajstić information content (AvgIpc) is 2.38. The summed E-state index contributed by atoms with van der Waals surface area (Å²) in [6.45, 7) is 2.76. The van der Waals surface area contributed by atoms with Gasteiger partial charge in [-0.2, -0.15) is 0 Å². The van der Waals surface area contributed by atoms with E-state index in [2.05, 4.69) is 11.1 Å². The second-order valence-electron chi connectivity index (χ2n) is 4.87. The minimum atomic E-state index is -0.240. The molecule has 0 amide bonds. The Morgan fingerprint density at radius 2 is 2.17 bits per heavy atom. The van der Waals surface area contributed by atoms with Crippen molar-refractivity contribution in [1.29, 1.82) is 0 Å². The fraction of sp³-hybridized carbons (Fsp3) is 0.400. The molecule has 1 aliphatic rings. The van der Waals surface area contributed by atoms with Crippen LogP contribution >= 0.6 is 0 Å². The van der Waals surface area contributed by atoms with E-state index >= 15 is 0 Å². The Kier molecular flexibility index (Phi) is 3.00. The van der Waals surface area contributed by atoms with Gasteiger partial charge in [0.25, 0.3) is 0 Å². The Morgan fingerprint density at radius 1 is 1.28 bits per heavy atom. The minimum absolute atomic E-state index is 0.133. The van der Waals surface area contributed by atoms with Crippen molar-refractivity contribution in [3.05, 3.63) is 41.3 Å². The van der Waals surface area contributed by atoms with Crippen LogP contribution in [-0.2, 0) is 4.74 Å². The molecule has 0 radical (unpaired) electrons. The van der Waals surface area contributed by atoms with Crippen LogP contribution in [0.1, 0.15) is 36.6 Å². The molecule has 3 heteroatoms. The van der Waals surface area contributed by atoms with Crippen LogP contribution in [0, 0.1) is 12.7 Å². The van der Waals surface area contributed by atoms with Crippen molar-refractivity contribution < 1.29 is 9.13 Å². The summed E-state index contributed by atoms with van der Waals surface area (Å²) in [7, 11) is 0. The third-order valence-corrected chi connectivity index (χ3v) is 3.46. The summed E-state index contributed by atoms with van der Waals surface area (Å²) in [5, 5.41) is 1.01. The van der Waals surface area contributed by atoms with Crippen LogP contribution in [0.15, 0.2) is 24.3 Å². The van der Waals surface area contributed by atoms with E-state index in [1.807, 2.05) is 13.0 Å². The van der Waals surface area contributed by atoms with Crippen molar-refractivity contribution in [2.45, 2.75) is 32.3 Å². The van der Waals surface area contributed by atoms with E-state index in [4.69, 9.17) is 4.74 Å². The third-order valence-electron chi connectivity index (χ3n) is 3.46. The van der Waals surface area contributed by atoms with E-state index in [-0.39, 0.29) is 11.9 Å². The maximum atomic E-state index is 13.3. The van der Waals surface area contributed by atoms with E-state index in [1.54, 1.807) is 0 Å². The first-order valence-corrected chi connectivity index (χ1v) is 6.42. The lowest BCUT2D eigenvalue weighted by Crippen LogP contribution is -2.12. The number of halogens is 1. The highest BCUT2D eigenvalue weighted by Gasteiger charge is 2.19. The summed E-state index contributed by atoms with van der Waals surface area (Å²) in [6.07, 6.45) is 3.49. The lowest BCUT2D eigenvalue weighted by Gasteiger charge is -2.24. The number of fused-ring (bicyclic) bond motifs is 1. The number of pyridine rings is 1. The molecular weight excluding hydrogens is 229 g/mol. The standard InChI is InChI=1S/C15H16FNO/c1-10-8-13(15-4-2-3-7-18-15)12-6-5-11(16)9-14(12)17-10/h5-6,8-9,15H,2-4,7H2,1H3. The van der Waals surface area contributed by atoms with Crippen LogP contribution < -0.4 is 0 Å². The molecule has 0 aliphatic carbocycles. The van der Waals surface area contributed by atoms with Crippen molar-refractivity contribution in [3.8, 4) is 0 Å². The predicted octanol–water partition coefficient (Wildman–Crippen LogP) is 3.92. The highest BCUT2D eigenvalue weighted by atomic mass is 19.1. The van der Waals surface area contributed by atoms with Crippen LogP contribution in [0.25, 0.3) is 10.9 Å². The molecule has 1 unspecified atom stereocenters. The monoisotopic (exact) mass is 245 g/mol. The Morgan fingerprint density at radius 3 is 2.94 bits per heavy atom. The molecule has 2 aromatic rings. The second-order valence-corrected chi connectivity index (χ2v) is 4.87. The molecule has 3 rings (SSSR count). The zero-order valence-electron chi connectivity index (χ0n) is 10.4. The average molecular weight is 245 g/mol. The van der Waals surface area contributed by atoms with Crippen LogP contribution in [0.2, 0.25) is 0 Å². The molecule has 94 valence electrons. The van der Waals surface area contributed by atoms with E-state index in [1.165, 1.54) is 18.6 Å². The lowest BCUT2D eigenvalue weighted by atomic mass is 9.97. The number of nitrogens with zero attached hydrogens (tertiary/aromatic N) is 1. The summed E-state index contributed by atoms with van der Waals surface area (Å²) in [4.78, 5) is 4.40. The second kappa shape index (κ2) is 4.65. The molecule has 1 fully saturated rings. The number of benzene rings is 1. The summed E-state index contributed by atoms with van der Waals surface area (Å²) < 4.78 is 19.1. The number of aromatic nitrogens is 1. The number of rotatable bonds is 1. The highest BCUT2D eigenvalue weighted by molar-refractivity contribution is 5.82. The molecule has 1 aliphatic heterocycles. The van der Waals surface area contributed by atoms with Crippen LogP contribution in [0.3, 0.4) is 0 Å². The molecule has 0 bridgehead atoms. The number of aryl methyl sites for hydroxylation is 1. The van der Waals surface area contributed by atoms with E-state index < -0.39 is 0 Å². The van der Waals surface area contributed by atoms with E-state index in [0.717, 1.165) is 41.6 Å². The Labute approximate surface area is 106 Å². The maximum Gasteiger partial charge on any atom is 0.125 e. The zero-order valence-corrected chi connectivity index (χ0v) is 10.4. The Hall–Kier alpha value is -1.48. The first-order valence-electron chi connectivity index (χ1n) is 6.42. The molecule has 1 aromatic carbocycles. The van der Waals surface area contributed by atoms with Gasteiger partial charge in [0, 0.05) is 23.8 Å². The molecule has 1 saturated heterocycles. The van der Waals surface area contributed by atoms with Crippen molar-refractivity contribution >= 4 is 10.9 Å². The van der Waals surface area contributed by atoms with Crippen molar-refractivity contribution in [3.63, 3.8) is 0 Å². The maximum absolute atomic E-state index is 13.3. The smallest absolute Gasteiger partial charge is 0.125 e. The molecule has 18 heavy (non-hydrogen) atoms. The van der Waals surface area contributed by atoms with Crippen molar-refractivity contribution in [2.75, 3.05) is 6.61 Å². The first-order chi connectivity index (χ1) is 8.74. The minimum Gasteiger partial charge on any atom is -0.374 e. The van der Waals surface area contributed by atoms with Gasteiger partial charge in [-0.25, -0.2) is 4.39 Å². The Balaban J connectivity index is 2.14. The largest absolute Gasteiger partial charge is 0.374 e. The number of ether oxygens (including phenoxy) is 1. The fourth-order valence-electron chi connectivity index (χ4n) is 2.62. The van der Waals surface area contributed by atoms with Gasteiger partial charge in [-0.3, -0.25) is 4.98 Å². The van der Waals surface area contributed by atoms with E-state index in [0.29, 0.717) is 0 Å². The molecule has 0 N–H and O–H groups in total. The van der Waals surface area contributed by atoms with Gasteiger partial charge in [-0.15, -0.1) is 0 Å². The highest BCUT2D eigenvalue weighted by Crippen LogP contribution is 2.32. The predicted molar refractivity (Wildman–Crippen MR) is 69.0 cm³/mol. The van der Waals surface area contributed by atoms with Gasteiger partial charge in [-0.05, 0) is 49.9 Å². The van der Waals surface area contributed by atoms with Crippen LogP contribution in [-0.4, -0.2) is 11.6 Å². The van der Waals surface area contributed by atoms with Gasteiger partial charge < -0.3 is 4.74 Å². The summed E-state index contributed by atoms with van der Waals surface area (Å²) in [6, 6.07) is 6.86. The number of hydrogen-bond acceptors (Lipinski definition) is 2. The van der Waals surface area contributed by atoms with Crippen molar-refractivity contribution in [2.24, 2.45) is 0 Å². The fourth-order valence-corrected chi connectivity index (χ4v) is 2.62. The van der Waals surface area contributed by atoms with Gasteiger partial charge in [0.2, 0.25) is 0 Å². The quantitative estimate of drug-likeness (QED) is 0.759. The SMILES string of the molecule is Cc1cc(C2CCCCO2)c2ccc(F)cc2n1. The Bertz CT molecular complexity index is 571. The third kappa shape index (κ3) is 2.10. The van der Waals surface area contributed by atoms with Gasteiger partial charge in [0.05, 0.1) is 11.6 Å². The molecular formula is C15H16FNO. The molecule has 0 spiro atoms. The van der Waals surface area contributed by atoms with Gasteiger partial charge in [-0.1, -0.05) is 0 Å². The molecule has 1 atom stereocenters. The zero-order chi connectivity index (χ0) is 12.5. The molecule has 2 heterocycles. The molecule has 2 nitrogen and oxygen atoms in total. The topological polar surface area (TPSA) is 22.1 Å². The van der Waals surface area contributed by atoms with Crippen LogP contribution in [0.5, 0.6) is 0 Å². The first kappa shape index (κ1) is 11.6. The summed E-state index contributed by atoms with van der Waals surface area (Å²) in [5.74, 6) is -0.240. The summed E-state index contributed by atoms with van der Waals surface area (Å²) in [5.41, 5.74) is 2.79. The van der Waals surface area contributed by atoms with E-state index in [9.17, 15) is 4.39 Å². The van der Waals surface area contributed by atoms with Crippen LogP contribution in [0.4, 0.5) is 4.39 Å².